The van der Waals surface area contributed by atoms with Gasteiger partial charge >= 0.3 is 0 Å². The minimum absolute atomic E-state index is 0.0939. The Hall–Kier alpha value is -2.66. The number of H-pyrrole nitrogens is 1. The van der Waals surface area contributed by atoms with E-state index in [0.717, 1.165) is 29.3 Å². The molecule has 2 heterocycles. The molecule has 3 aromatic rings. The number of benzene rings is 2. The van der Waals surface area contributed by atoms with E-state index in [1.807, 2.05) is 30.5 Å². The average molecular weight is 338 g/mol. The number of aromatic amines is 1. The fraction of sp³-hybridized carbons (Fsp3) is 0.250. The Morgan fingerprint density at radius 1 is 1.20 bits per heavy atom. The Morgan fingerprint density at radius 3 is 2.80 bits per heavy atom. The lowest BCUT2D eigenvalue weighted by molar-refractivity contribution is 0.0672. The van der Waals surface area contributed by atoms with Crippen molar-refractivity contribution in [1.29, 1.82) is 0 Å². The highest BCUT2D eigenvalue weighted by atomic mass is 19.1. The molecular formula is C20H19FN2O2. The number of carbonyl (C=O) groups excluding carboxylic acids is 1. The number of halogens is 1. The summed E-state index contributed by atoms with van der Waals surface area (Å²) < 4.78 is 19.0. The van der Waals surface area contributed by atoms with E-state index in [0.29, 0.717) is 12.2 Å². The van der Waals surface area contributed by atoms with Crippen molar-refractivity contribution < 1.29 is 13.9 Å². The number of ether oxygens (including phenoxy) is 1. The predicted octanol–water partition coefficient (Wildman–Crippen LogP) is 3.96. The van der Waals surface area contributed by atoms with E-state index in [1.54, 1.807) is 12.1 Å². The molecule has 25 heavy (non-hydrogen) atoms. The molecule has 0 radical (unpaired) electrons. The van der Waals surface area contributed by atoms with Crippen molar-refractivity contribution in [2.45, 2.75) is 25.0 Å². The van der Waals surface area contributed by atoms with Crippen LogP contribution in [-0.4, -0.2) is 23.6 Å². The normalized spacial score (nSPS) is 18.4. The molecule has 1 aliphatic heterocycles. The SMILES string of the molecule is O=C(N[C@@H](c1ccc(F)cc1)[C@H]1CCCO1)c1ccc2cc[nH]c2c1. The molecule has 1 aliphatic rings. The second-order valence-corrected chi connectivity index (χ2v) is 6.33. The second kappa shape index (κ2) is 6.69. The highest BCUT2D eigenvalue weighted by Gasteiger charge is 2.29. The molecule has 4 nitrogen and oxygen atoms in total. The lowest BCUT2D eigenvalue weighted by Crippen LogP contribution is -2.36. The van der Waals surface area contributed by atoms with Crippen molar-refractivity contribution in [3.63, 3.8) is 0 Å². The lowest BCUT2D eigenvalue weighted by Gasteiger charge is -2.25. The summed E-state index contributed by atoms with van der Waals surface area (Å²) in [6.07, 6.45) is 3.59. The second-order valence-electron chi connectivity index (χ2n) is 6.33. The summed E-state index contributed by atoms with van der Waals surface area (Å²) in [6.45, 7) is 0.687. The van der Waals surface area contributed by atoms with Gasteiger partial charge in [-0.15, -0.1) is 0 Å². The van der Waals surface area contributed by atoms with Crippen LogP contribution in [0.1, 0.15) is 34.8 Å². The Labute approximate surface area is 145 Å². The quantitative estimate of drug-likeness (QED) is 0.757. The van der Waals surface area contributed by atoms with Gasteiger partial charge in [0.2, 0.25) is 0 Å². The number of fused-ring (bicyclic) bond motifs is 1. The first-order valence-electron chi connectivity index (χ1n) is 8.46. The van der Waals surface area contributed by atoms with Gasteiger partial charge in [-0.3, -0.25) is 4.79 Å². The number of nitrogens with one attached hydrogen (secondary N) is 2. The molecular weight excluding hydrogens is 319 g/mol. The van der Waals surface area contributed by atoms with E-state index < -0.39 is 0 Å². The molecule has 2 aromatic carbocycles. The minimum atomic E-state index is -0.296. The molecule has 0 unspecified atom stereocenters. The molecule has 128 valence electrons. The number of hydrogen-bond acceptors (Lipinski definition) is 2. The van der Waals surface area contributed by atoms with Gasteiger partial charge in [0.05, 0.1) is 12.1 Å². The fourth-order valence-corrected chi connectivity index (χ4v) is 3.34. The minimum Gasteiger partial charge on any atom is -0.376 e. The standard InChI is InChI=1S/C20H19FN2O2/c21-16-7-5-14(6-8-16)19(18-2-1-11-25-18)23-20(24)15-4-3-13-9-10-22-17(13)12-15/h3-10,12,18-19,22H,1-2,11H2,(H,23,24)/t18-,19+/m1/s1. The lowest BCUT2D eigenvalue weighted by atomic mass is 9.98. The van der Waals surface area contributed by atoms with E-state index in [1.165, 1.54) is 12.1 Å². The molecule has 4 rings (SSSR count). The van der Waals surface area contributed by atoms with Crippen LogP contribution in [0.5, 0.6) is 0 Å². The average Bonchev–Trinajstić information content (AvgIpc) is 3.31. The maximum absolute atomic E-state index is 13.3. The van der Waals surface area contributed by atoms with Crippen molar-refractivity contribution in [3.8, 4) is 0 Å². The van der Waals surface area contributed by atoms with E-state index in [4.69, 9.17) is 4.74 Å². The van der Waals surface area contributed by atoms with Crippen molar-refractivity contribution >= 4 is 16.8 Å². The summed E-state index contributed by atoms with van der Waals surface area (Å²) in [5.74, 6) is -0.459. The summed E-state index contributed by atoms with van der Waals surface area (Å²) in [5.41, 5.74) is 2.35. The van der Waals surface area contributed by atoms with Crippen molar-refractivity contribution in [2.75, 3.05) is 6.61 Å². The van der Waals surface area contributed by atoms with E-state index >= 15 is 0 Å². The predicted molar refractivity (Wildman–Crippen MR) is 93.9 cm³/mol. The van der Waals surface area contributed by atoms with Gasteiger partial charge < -0.3 is 15.0 Å². The van der Waals surface area contributed by atoms with E-state index in [-0.39, 0.29) is 23.9 Å². The first-order chi connectivity index (χ1) is 12.2. The third-order valence-corrected chi connectivity index (χ3v) is 4.67. The van der Waals surface area contributed by atoms with Crippen LogP contribution in [0.25, 0.3) is 10.9 Å². The molecule has 2 N–H and O–H groups in total. The Bertz CT molecular complexity index is 882. The molecule has 0 saturated carbocycles. The summed E-state index contributed by atoms with van der Waals surface area (Å²) in [7, 11) is 0. The third kappa shape index (κ3) is 3.28. The molecule has 0 spiro atoms. The van der Waals surface area contributed by atoms with Gasteiger partial charge in [0, 0.05) is 23.9 Å². The van der Waals surface area contributed by atoms with Crippen molar-refractivity contribution in [1.82, 2.24) is 10.3 Å². The zero-order valence-electron chi connectivity index (χ0n) is 13.7. The van der Waals surface area contributed by atoms with Gasteiger partial charge in [0.1, 0.15) is 5.82 Å². The van der Waals surface area contributed by atoms with Crippen LogP contribution < -0.4 is 5.32 Å². The fourth-order valence-electron chi connectivity index (χ4n) is 3.34. The molecule has 2 atom stereocenters. The first kappa shape index (κ1) is 15.8. The van der Waals surface area contributed by atoms with Gasteiger partial charge in [-0.05, 0) is 54.1 Å². The highest BCUT2D eigenvalue weighted by Crippen LogP contribution is 2.28. The zero-order chi connectivity index (χ0) is 17.2. The van der Waals surface area contributed by atoms with Crippen LogP contribution in [0, 0.1) is 5.82 Å². The maximum atomic E-state index is 13.3. The van der Waals surface area contributed by atoms with Crippen LogP contribution in [0.2, 0.25) is 0 Å². The highest BCUT2D eigenvalue weighted by molar-refractivity contribution is 5.98. The van der Waals surface area contributed by atoms with Crippen LogP contribution in [0.3, 0.4) is 0 Å². The van der Waals surface area contributed by atoms with Gasteiger partial charge in [-0.1, -0.05) is 18.2 Å². The molecule has 5 heteroatoms. The Balaban J connectivity index is 1.60. The van der Waals surface area contributed by atoms with Crippen molar-refractivity contribution in [3.05, 3.63) is 71.7 Å². The van der Waals surface area contributed by atoms with E-state index in [2.05, 4.69) is 10.3 Å². The summed E-state index contributed by atoms with van der Waals surface area (Å²) >= 11 is 0. The molecule has 1 fully saturated rings. The summed E-state index contributed by atoms with van der Waals surface area (Å²) in [6, 6.07) is 13.5. The van der Waals surface area contributed by atoms with Crippen LogP contribution >= 0.6 is 0 Å². The first-order valence-corrected chi connectivity index (χ1v) is 8.46. The summed E-state index contributed by atoms with van der Waals surface area (Å²) in [5, 5.41) is 4.13. The molecule has 0 aliphatic carbocycles. The molecule has 1 saturated heterocycles. The van der Waals surface area contributed by atoms with Gasteiger partial charge in [0.15, 0.2) is 0 Å². The molecule has 1 aromatic heterocycles. The topological polar surface area (TPSA) is 54.1 Å². The number of rotatable bonds is 4. The van der Waals surface area contributed by atoms with Gasteiger partial charge in [0.25, 0.3) is 5.91 Å². The number of amides is 1. The van der Waals surface area contributed by atoms with Crippen LogP contribution in [-0.2, 0) is 4.74 Å². The number of carbonyl (C=O) groups is 1. The Kier molecular flexibility index (Phi) is 4.24. The maximum Gasteiger partial charge on any atom is 0.251 e. The summed E-state index contributed by atoms with van der Waals surface area (Å²) in [4.78, 5) is 15.9. The third-order valence-electron chi connectivity index (χ3n) is 4.67. The van der Waals surface area contributed by atoms with Gasteiger partial charge in [-0.25, -0.2) is 4.39 Å². The molecule has 1 amide bonds. The monoisotopic (exact) mass is 338 g/mol. The number of aromatic nitrogens is 1. The smallest absolute Gasteiger partial charge is 0.251 e. The zero-order valence-corrected chi connectivity index (χ0v) is 13.7. The van der Waals surface area contributed by atoms with E-state index in [9.17, 15) is 9.18 Å². The van der Waals surface area contributed by atoms with Crippen LogP contribution in [0.4, 0.5) is 4.39 Å². The number of hydrogen-bond donors (Lipinski definition) is 2. The molecule has 0 bridgehead atoms. The van der Waals surface area contributed by atoms with Crippen molar-refractivity contribution in [2.24, 2.45) is 0 Å². The Morgan fingerprint density at radius 2 is 2.04 bits per heavy atom. The van der Waals surface area contributed by atoms with Gasteiger partial charge in [-0.2, -0.15) is 0 Å². The largest absolute Gasteiger partial charge is 0.376 e. The van der Waals surface area contributed by atoms with Crippen LogP contribution in [0.15, 0.2) is 54.7 Å².